The van der Waals surface area contributed by atoms with E-state index in [1.165, 1.54) is 7.11 Å². The topological polar surface area (TPSA) is 73.9 Å². The van der Waals surface area contributed by atoms with Crippen molar-refractivity contribution >= 4 is 17.6 Å². The maximum Gasteiger partial charge on any atom is 0.341 e. The fourth-order valence-corrected chi connectivity index (χ4v) is 2.60. The van der Waals surface area contributed by atoms with Gasteiger partial charge in [-0.1, -0.05) is 27.2 Å². The predicted molar refractivity (Wildman–Crippen MR) is 106 cm³/mol. The number of hydrogen-bond acceptors (Lipinski definition) is 5. The normalized spacial score (nSPS) is 14.1. The Kier molecular flexibility index (Phi) is 9.29. The number of amides is 1. The van der Waals surface area contributed by atoms with E-state index < -0.39 is 11.6 Å². The molecule has 0 aliphatic rings. The molecule has 0 fully saturated rings. The lowest BCUT2D eigenvalue weighted by Crippen LogP contribution is -2.43. The van der Waals surface area contributed by atoms with E-state index in [0.29, 0.717) is 24.5 Å². The molecule has 1 aromatic rings. The Morgan fingerprint density at radius 1 is 1.19 bits per heavy atom. The van der Waals surface area contributed by atoms with Crippen LogP contribution in [0.3, 0.4) is 0 Å². The van der Waals surface area contributed by atoms with Crippen molar-refractivity contribution in [2.45, 2.75) is 72.0 Å². The Morgan fingerprint density at radius 3 is 2.44 bits per heavy atom. The minimum absolute atomic E-state index is 0.0378. The van der Waals surface area contributed by atoms with E-state index in [9.17, 15) is 9.59 Å². The highest BCUT2D eigenvalue weighted by molar-refractivity contribution is 5.99. The van der Waals surface area contributed by atoms with Crippen LogP contribution in [0.15, 0.2) is 18.2 Å². The molecule has 0 heterocycles. The summed E-state index contributed by atoms with van der Waals surface area (Å²) >= 11 is 0. The fraction of sp³-hybridized carbons (Fsp3) is 0.619. The molecule has 0 saturated carbocycles. The number of hydrogen-bond donors (Lipinski definition) is 1. The molecule has 0 bridgehead atoms. The summed E-state index contributed by atoms with van der Waals surface area (Å²) in [5.74, 6) is -0.306. The summed E-state index contributed by atoms with van der Waals surface area (Å²) in [7, 11) is 1.32. The lowest BCUT2D eigenvalue weighted by molar-refractivity contribution is -0.140. The lowest BCUT2D eigenvalue weighted by atomic mass is 9.98. The van der Waals surface area contributed by atoms with Crippen LogP contribution in [-0.4, -0.2) is 37.3 Å². The molecule has 1 N–H and O–H groups in total. The maximum atomic E-state index is 12.8. The van der Waals surface area contributed by atoms with Crippen molar-refractivity contribution < 1.29 is 23.8 Å². The summed E-state index contributed by atoms with van der Waals surface area (Å²) in [5.41, 5.74) is -0.135. The zero-order valence-corrected chi connectivity index (χ0v) is 17.4. The van der Waals surface area contributed by atoms with Crippen LogP contribution in [0.25, 0.3) is 0 Å². The highest BCUT2D eigenvalue weighted by Crippen LogP contribution is 2.27. The van der Waals surface area contributed by atoms with Crippen molar-refractivity contribution in [2.75, 3.05) is 19.0 Å². The first-order valence-corrected chi connectivity index (χ1v) is 9.65. The molecule has 2 atom stereocenters. The SMILES string of the molecule is CCCO[C@](C)(CCC)C(=O)Nc1ccc(O[C@@H](C)CC)c(C(=O)OC)c1. The zero-order chi connectivity index (χ0) is 20.4. The third kappa shape index (κ3) is 6.54. The van der Waals surface area contributed by atoms with E-state index in [-0.39, 0.29) is 17.6 Å². The molecule has 0 saturated heterocycles. The van der Waals surface area contributed by atoms with Gasteiger partial charge < -0.3 is 19.5 Å². The molecule has 1 rings (SSSR count). The summed E-state index contributed by atoms with van der Waals surface area (Å²) in [6.07, 6.45) is 3.04. The fourth-order valence-electron chi connectivity index (χ4n) is 2.60. The molecule has 0 aliphatic heterocycles. The smallest absolute Gasteiger partial charge is 0.341 e. The molecule has 1 aromatic carbocycles. The van der Waals surface area contributed by atoms with Crippen LogP contribution in [0.5, 0.6) is 5.75 Å². The Balaban J connectivity index is 3.08. The minimum Gasteiger partial charge on any atom is -0.490 e. The average Bonchev–Trinajstić information content (AvgIpc) is 2.66. The molecule has 0 aromatic heterocycles. The van der Waals surface area contributed by atoms with Gasteiger partial charge in [-0.2, -0.15) is 0 Å². The minimum atomic E-state index is -0.915. The van der Waals surface area contributed by atoms with Crippen LogP contribution < -0.4 is 10.1 Å². The lowest BCUT2D eigenvalue weighted by Gasteiger charge is -2.28. The number of benzene rings is 1. The van der Waals surface area contributed by atoms with Crippen molar-refractivity contribution in [2.24, 2.45) is 0 Å². The summed E-state index contributed by atoms with van der Waals surface area (Å²) < 4.78 is 16.5. The van der Waals surface area contributed by atoms with Gasteiger partial charge in [0.15, 0.2) is 0 Å². The third-order valence-corrected chi connectivity index (χ3v) is 4.38. The van der Waals surface area contributed by atoms with Gasteiger partial charge in [0, 0.05) is 12.3 Å². The van der Waals surface area contributed by atoms with Crippen molar-refractivity contribution in [3.8, 4) is 5.75 Å². The highest BCUT2D eigenvalue weighted by atomic mass is 16.5. The summed E-state index contributed by atoms with van der Waals surface area (Å²) in [6, 6.07) is 4.97. The van der Waals surface area contributed by atoms with Gasteiger partial charge in [0.05, 0.1) is 13.2 Å². The van der Waals surface area contributed by atoms with Crippen LogP contribution >= 0.6 is 0 Å². The predicted octanol–water partition coefficient (Wildman–Crippen LogP) is 4.57. The Hall–Kier alpha value is -2.08. The number of esters is 1. The molecule has 0 spiro atoms. The van der Waals surface area contributed by atoms with E-state index in [0.717, 1.165) is 19.3 Å². The second kappa shape index (κ2) is 10.9. The van der Waals surface area contributed by atoms with E-state index in [1.54, 1.807) is 25.1 Å². The van der Waals surface area contributed by atoms with E-state index in [4.69, 9.17) is 14.2 Å². The molecule has 0 unspecified atom stereocenters. The largest absolute Gasteiger partial charge is 0.490 e. The highest BCUT2D eigenvalue weighted by Gasteiger charge is 2.33. The first-order valence-electron chi connectivity index (χ1n) is 9.65. The van der Waals surface area contributed by atoms with E-state index >= 15 is 0 Å². The van der Waals surface area contributed by atoms with Gasteiger partial charge in [-0.3, -0.25) is 4.79 Å². The van der Waals surface area contributed by atoms with Crippen LogP contribution in [0.1, 0.15) is 70.7 Å². The average molecular weight is 379 g/mol. The van der Waals surface area contributed by atoms with Gasteiger partial charge in [0.2, 0.25) is 0 Å². The van der Waals surface area contributed by atoms with Gasteiger partial charge in [0.25, 0.3) is 5.91 Å². The second-order valence-electron chi connectivity index (χ2n) is 6.82. The number of carbonyl (C=O) groups is 2. The molecule has 1 amide bonds. The Bertz CT molecular complexity index is 631. The van der Waals surface area contributed by atoms with Crippen LogP contribution in [-0.2, 0) is 14.3 Å². The van der Waals surface area contributed by atoms with Crippen molar-refractivity contribution in [1.29, 1.82) is 0 Å². The van der Waals surface area contributed by atoms with E-state index in [2.05, 4.69) is 5.32 Å². The van der Waals surface area contributed by atoms with Gasteiger partial charge in [-0.05, 0) is 51.3 Å². The van der Waals surface area contributed by atoms with Crippen LogP contribution in [0.2, 0.25) is 0 Å². The van der Waals surface area contributed by atoms with E-state index in [1.807, 2.05) is 27.7 Å². The number of methoxy groups -OCH3 is 1. The molecule has 0 aliphatic carbocycles. The summed E-state index contributed by atoms with van der Waals surface area (Å²) in [5, 5.41) is 2.86. The molecular formula is C21H33NO5. The van der Waals surface area contributed by atoms with Gasteiger partial charge in [-0.25, -0.2) is 4.79 Å². The van der Waals surface area contributed by atoms with Gasteiger partial charge in [-0.15, -0.1) is 0 Å². The van der Waals surface area contributed by atoms with Gasteiger partial charge >= 0.3 is 5.97 Å². The molecule has 6 nitrogen and oxygen atoms in total. The second-order valence-corrected chi connectivity index (χ2v) is 6.82. The number of rotatable bonds is 11. The van der Waals surface area contributed by atoms with Crippen molar-refractivity contribution in [1.82, 2.24) is 0 Å². The molecule has 27 heavy (non-hydrogen) atoms. The molecular weight excluding hydrogens is 346 g/mol. The van der Waals surface area contributed by atoms with Gasteiger partial charge in [0.1, 0.15) is 16.9 Å². The first-order chi connectivity index (χ1) is 12.8. The number of nitrogens with one attached hydrogen (secondary N) is 1. The number of anilines is 1. The Labute approximate surface area is 162 Å². The third-order valence-electron chi connectivity index (χ3n) is 4.38. The summed E-state index contributed by atoms with van der Waals surface area (Å²) in [6.45, 7) is 10.3. The molecule has 6 heteroatoms. The zero-order valence-electron chi connectivity index (χ0n) is 17.4. The Morgan fingerprint density at radius 2 is 1.89 bits per heavy atom. The van der Waals surface area contributed by atoms with Crippen LogP contribution in [0.4, 0.5) is 5.69 Å². The monoisotopic (exact) mass is 379 g/mol. The summed E-state index contributed by atoms with van der Waals surface area (Å²) in [4.78, 5) is 24.9. The van der Waals surface area contributed by atoms with Crippen LogP contribution in [0, 0.1) is 0 Å². The van der Waals surface area contributed by atoms with Crippen molar-refractivity contribution in [3.63, 3.8) is 0 Å². The number of ether oxygens (including phenoxy) is 3. The molecule has 0 radical (unpaired) electrons. The maximum absolute atomic E-state index is 12.8. The van der Waals surface area contributed by atoms with Crippen molar-refractivity contribution in [3.05, 3.63) is 23.8 Å². The standard InChI is InChI=1S/C21H33NO5/c1-7-12-21(5,26-13-8-2)20(24)22-16-10-11-18(27-15(4)9-3)17(14-16)19(23)25-6/h10-11,14-15H,7-9,12-13H2,1-6H3,(H,22,24)/t15-,21+/m0/s1. The quantitative estimate of drug-likeness (QED) is 0.570. The first kappa shape index (κ1) is 23.0. The molecule has 152 valence electrons. The number of carbonyl (C=O) groups excluding carboxylic acids is 2.